The zero-order valence-corrected chi connectivity index (χ0v) is 9.88. The summed E-state index contributed by atoms with van der Waals surface area (Å²) in [5.74, 6) is -1.15. The third-order valence-corrected chi connectivity index (χ3v) is 2.84. The van der Waals surface area contributed by atoms with Gasteiger partial charge in [0.2, 0.25) is 0 Å². The van der Waals surface area contributed by atoms with E-state index in [1.54, 1.807) is 6.08 Å². The normalized spacial score (nSPS) is 17.6. The monoisotopic (exact) mass is 276 g/mol. The second-order valence-electron chi connectivity index (χ2n) is 4.24. The zero-order valence-electron chi connectivity index (χ0n) is 9.88. The first-order valence-electron chi connectivity index (χ1n) is 5.77. The summed E-state index contributed by atoms with van der Waals surface area (Å²) in [4.78, 5) is 0. The van der Waals surface area contributed by atoms with Gasteiger partial charge in [0.05, 0.1) is 12.2 Å². The van der Waals surface area contributed by atoms with E-state index in [4.69, 9.17) is 4.74 Å². The molecule has 19 heavy (non-hydrogen) atoms. The Morgan fingerprint density at radius 2 is 2.00 bits per heavy atom. The maximum atomic E-state index is 13.1. The molecule has 2 rings (SSSR count). The summed E-state index contributed by atoms with van der Waals surface area (Å²) >= 11 is 0. The summed E-state index contributed by atoms with van der Waals surface area (Å²) in [7, 11) is 0. The number of benzene rings is 1. The first-order chi connectivity index (χ1) is 8.89. The lowest BCUT2D eigenvalue weighted by Crippen LogP contribution is -2.13. The highest BCUT2D eigenvalue weighted by atomic mass is 19.4. The van der Waals surface area contributed by atoms with E-state index in [0.29, 0.717) is 25.2 Å². The highest BCUT2D eigenvalue weighted by Crippen LogP contribution is 2.34. The molecule has 1 N–H and O–H groups in total. The number of halogens is 4. The van der Waals surface area contributed by atoms with Crippen LogP contribution in [-0.2, 0) is 10.9 Å². The van der Waals surface area contributed by atoms with Crippen LogP contribution in [0.1, 0.15) is 30.1 Å². The molecule has 1 unspecified atom stereocenters. The summed E-state index contributed by atoms with van der Waals surface area (Å²) in [6, 6.07) is 2.43. The Morgan fingerprint density at radius 1 is 1.26 bits per heavy atom. The van der Waals surface area contributed by atoms with Gasteiger partial charge >= 0.3 is 6.18 Å². The molecule has 0 amide bonds. The van der Waals surface area contributed by atoms with Gasteiger partial charge < -0.3 is 9.84 Å². The SMILES string of the molecule is OC(C1=CCCCO1)c1ccc(F)c(C(F)(F)F)c1. The number of hydrogen-bond donors (Lipinski definition) is 1. The molecular formula is C13H12F4O2. The van der Waals surface area contributed by atoms with Crippen LogP contribution in [0.5, 0.6) is 0 Å². The Balaban J connectivity index is 2.33. The Kier molecular flexibility index (Phi) is 3.80. The van der Waals surface area contributed by atoms with E-state index in [2.05, 4.69) is 0 Å². The molecule has 1 aromatic rings. The highest BCUT2D eigenvalue weighted by Gasteiger charge is 2.35. The van der Waals surface area contributed by atoms with E-state index in [0.717, 1.165) is 12.5 Å². The fourth-order valence-electron chi connectivity index (χ4n) is 1.86. The van der Waals surface area contributed by atoms with Gasteiger partial charge in [-0.3, -0.25) is 0 Å². The van der Waals surface area contributed by atoms with E-state index in [1.807, 2.05) is 0 Å². The van der Waals surface area contributed by atoms with Crippen LogP contribution >= 0.6 is 0 Å². The van der Waals surface area contributed by atoms with E-state index >= 15 is 0 Å². The number of aliphatic hydroxyl groups is 1. The van der Waals surface area contributed by atoms with Crippen LogP contribution in [0.2, 0.25) is 0 Å². The van der Waals surface area contributed by atoms with Gasteiger partial charge in [0.1, 0.15) is 17.7 Å². The fraction of sp³-hybridized carbons (Fsp3) is 0.385. The third-order valence-electron chi connectivity index (χ3n) is 2.84. The van der Waals surface area contributed by atoms with Gasteiger partial charge in [0.15, 0.2) is 0 Å². The fourth-order valence-corrected chi connectivity index (χ4v) is 1.86. The standard InChI is InChI=1S/C13H12F4O2/c14-10-5-4-8(7-9(10)13(15,16)17)12(18)11-3-1-2-6-19-11/h3-5,7,12,18H,1-2,6H2. The van der Waals surface area contributed by atoms with E-state index in [1.165, 1.54) is 0 Å². The van der Waals surface area contributed by atoms with E-state index in [-0.39, 0.29) is 11.3 Å². The lowest BCUT2D eigenvalue weighted by Gasteiger charge is -2.20. The second kappa shape index (κ2) is 5.21. The molecule has 0 saturated heterocycles. The molecule has 0 spiro atoms. The van der Waals surface area contributed by atoms with Crippen LogP contribution < -0.4 is 0 Å². The van der Waals surface area contributed by atoms with E-state index in [9.17, 15) is 22.7 Å². The molecular weight excluding hydrogens is 264 g/mol. The summed E-state index contributed by atoms with van der Waals surface area (Å²) in [5.41, 5.74) is -1.43. The smallest absolute Gasteiger partial charge is 0.419 e. The van der Waals surface area contributed by atoms with Gasteiger partial charge in [0, 0.05) is 0 Å². The van der Waals surface area contributed by atoms with Crippen molar-refractivity contribution in [2.75, 3.05) is 6.61 Å². The highest BCUT2D eigenvalue weighted by molar-refractivity contribution is 5.31. The number of alkyl halides is 3. The molecule has 2 nitrogen and oxygen atoms in total. The topological polar surface area (TPSA) is 29.5 Å². The molecule has 1 aromatic carbocycles. The molecule has 0 aromatic heterocycles. The van der Waals surface area contributed by atoms with Crippen molar-refractivity contribution in [2.45, 2.75) is 25.1 Å². The number of rotatable bonds is 2. The number of ether oxygens (including phenoxy) is 1. The van der Waals surface area contributed by atoms with Crippen LogP contribution in [0.3, 0.4) is 0 Å². The van der Waals surface area contributed by atoms with Crippen molar-refractivity contribution in [3.63, 3.8) is 0 Å². The molecule has 0 bridgehead atoms. The minimum absolute atomic E-state index is 0.0399. The van der Waals surface area contributed by atoms with Crippen LogP contribution in [-0.4, -0.2) is 11.7 Å². The second-order valence-corrected chi connectivity index (χ2v) is 4.24. The maximum absolute atomic E-state index is 13.1. The van der Waals surface area contributed by atoms with Gasteiger partial charge in [-0.05, 0) is 36.6 Å². The van der Waals surface area contributed by atoms with E-state index < -0.39 is 23.7 Å². The van der Waals surface area contributed by atoms with Crippen LogP contribution in [0, 0.1) is 5.82 Å². The van der Waals surface area contributed by atoms with Crippen molar-refractivity contribution in [1.82, 2.24) is 0 Å². The Hall–Kier alpha value is -1.56. The van der Waals surface area contributed by atoms with Gasteiger partial charge in [0.25, 0.3) is 0 Å². The Labute approximate surface area is 107 Å². The largest absolute Gasteiger partial charge is 0.495 e. The first kappa shape index (κ1) is 13.9. The molecule has 0 radical (unpaired) electrons. The van der Waals surface area contributed by atoms with Gasteiger partial charge in [-0.1, -0.05) is 6.07 Å². The van der Waals surface area contributed by atoms with Crippen molar-refractivity contribution in [3.05, 3.63) is 47.0 Å². The molecule has 1 heterocycles. The van der Waals surface area contributed by atoms with Crippen molar-refractivity contribution in [1.29, 1.82) is 0 Å². The minimum Gasteiger partial charge on any atom is -0.495 e. The molecule has 1 atom stereocenters. The summed E-state index contributed by atoms with van der Waals surface area (Å²) in [6.45, 7) is 0.413. The molecule has 0 fully saturated rings. The number of hydrogen-bond acceptors (Lipinski definition) is 2. The van der Waals surface area contributed by atoms with Gasteiger partial charge in [-0.2, -0.15) is 13.2 Å². The zero-order chi connectivity index (χ0) is 14.0. The predicted octanol–water partition coefficient (Wildman–Crippen LogP) is 3.57. The van der Waals surface area contributed by atoms with Crippen molar-refractivity contribution >= 4 is 0 Å². The number of allylic oxidation sites excluding steroid dienone is 1. The van der Waals surface area contributed by atoms with Crippen molar-refractivity contribution in [3.8, 4) is 0 Å². The molecule has 104 valence electrons. The van der Waals surface area contributed by atoms with Crippen molar-refractivity contribution < 1.29 is 27.4 Å². The molecule has 1 aliphatic heterocycles. The molecule has 0 saturated carbocycles. The Morgan fingerprint density at radius 3 is 2.58 bits per heavy atom. The Bertz CT molecular complexity index is 494. The average Bonchev–Trinajstić information content (AvgIpc) is 2.38. The quantitative estimate of drug-likeness (QED) is 0.837. The molecule has 1 aliphatic rings. The number of aliphatic hydroxyl groups excluding tert-OH is 1. The summed E-state index contributed by atoms with van der Waals surface area (Å²) < 4.78 is 56.0. The first-order valence-corrected chi connectivity index (χ1v) is 5.77. The average molecular weight is 276 g/mol. The van der Waals surface area contributed by atoms with Gasteiger partial charge in [-0.25, -0.2) is 4.39 Å². The summed E-state index contributed by atoms with van der Waals surface area (Å²) in [5, 5.41) is 9.94. The predicted molar refractivity (Wildman–Crippen MR) is 59.6 cm³/mol. The van der Waals surface area contributed by atoms with Crippen LogP contribution in [0.15, 0.2) is 30.0 Å². The molecule has 0 aliphatic carbocycles. The third kappa shape index (κ3) is 3.07. The minimum atomic E-state index is -4.79. The van der Waals surface area contributed by atoms with Gasteiger partial charge in [-0.15, -0.1) is 0 Å². The lowest BCUT2D eigenvalue weighted by molar-refractivity contribution is -0.140. The van der Waals surface area contributed by atoms with Crippen LogP contribution in [0.4, 0.5) is 17.6 Å². The maximum Gasteiger partial charge on any atom is 0.419 e. The summed E-state index contributed by atoms with van der Waals surface area (Å²) in [6.07, 6.45) is -2.97. The molecule has 6 heteroatoms. The van der Waals surface area contributed by atoms with Crippen molar-refractivity contribution in [2.24, 2.45) is 0 Å². The van der Waals surface area contributed by atoms with Crippen LogP contribution in [0.25, 0.3) is 0 Å². The lowest BCUT2D eigenvalue weighted by atomic mass is 10.0.